The van der Waals surface area contributed by atoms with Gasteiger partial charge in [0, 0.05) is 5.56 Å². The highest BCUT2D eigenvalue weighted by atomic mass is 19.1. The minimum Gasteiger partial charge on any atom is -0.493 e. The monoisotopic (exact) mass is 390 g/mol. The number of carbonyl (C=O) groups is 2. The fourth-order valence-electron chi connectivity index (χ4n) is 2.64. The van der Waals surface area contributed by atoms with Gasteiger partial charge in [-0.25, -0.2) is 9.18 Å². The Morgan fingerprint density at radius 2 is 1.66 bits per heavy atom. The standard InChI is InChI=1S/C24H19FO4/c1-16-7-11-18(12-8-16)21(26)13-9-17-10-14-22(23(15-17)28-2)29-24(27)19-5-3-4-6-20(19)25/h3-15H,1-2H3/b13-9+. The molecular formula is C24H19FO4. The fourth-order valence-corrected chi connectivity index (χ4v) is 2.64. The number of esters is 1. The molecule has 29 heavy (non-hydrogen) atoms. The Morgan fingerprint density at radius 3 is 2.34 bits per heavy atom. The van der Waals surface area contributed by atoms with Gasteiger partial charge in [0.25, 0.3) is 0 Å². The highest BCUT2D eigenvalue weighted by Crippen LogP contribution is 2.29. The number of ether oxygens (including phenoxy) is 2. The summed E-state index contributed by atoms with van der Waals surface area (Å²) in [4.78, 5) is 24.5. The summed E-state index contributed by atoms with van der Waals surface area (Å²) >= 11 is 0. The third-order valence-electron chi connectivity index (χ3n) is 4.25. The molecule has 0 unspecified atom stereocenters. The third-order valence-corrected chi connectivity index (χ3v) is 4.25. The van der Waals surface area contributed by atoms with Crippen molar-refractivity contribution >= 4 is 17.8 Å². The molecule has 4 nitrogen and oxygen atoms in total. The van der Waals surface area contributed by atoms with E-state index in [2.05, 4.69) is 0 Å². The van der Waals surface area contributed by atoms with E-state index in [9.17, 15) is 14.0 Å². The Bertz CT molecular complexity index is 1070. The molecule has 0 atom stereocenters. The van der Waals surface area contributed by atoms with Crippen molar-refractivity contribution in [3.8, 4) is 11.5 Å². The molecule has 0 fully saturated rings. The number of ketones is 1. The van der Waals surface area contributed by atoms with Crippen LogP contribution in [0.4, 0.5) is 4.39 Å². The topological polar surface area (TPSA) is 52.6 Å². The summed E-state index contributed by atoms with van der Waals surface area (Å²) in [6.07, 6.45) is 3.11. The summed E-state index contributed by atoms with van der Waals surface area (Å²) in [5.41, 5.74) is 2.19. The van der Waals surface area contributed by atoms with Crippen molar-refractivity contribution in [2.75, 3.05) is 7.11 Å². The van der Waals surface area contributed by atoms with Gasteiger partial charge >= 0.3 is 5.97 Å². The molecule has 3 rings (SSSR count). The van der Waals surface area contributed by atoms with Crippen molar-refractivity contribution in [3.05, 3.63) is 101 Å². The fraction of sp³-hybridized carbons (Fsp3) is 0.0833. The van der Waals surface area contributed by atoms with Crippen LogP contribution in [0.15, 0.2) is 72.8 Å². The Kier molecular flexibility index (Phi) is 6.19. The van der Waals surface area contributed by atoms with E-state index in [-0.39, 0.29) is 17.1 Å². The predicted octanol–water partition coefficient (Wildman–Crippen LogP) is 5.26. The van der Waals surface area contributed by atoms with Crippen LogP contribution in [-0.4, -0.2) is 18.9 Å². The van der Waals surface area contributed by atoms with Gasteiger partial charge in [-0.05, 0) is 42.8 Å². The van der Waals surface area contributed by atoms with E-state index in [0.29, 0.717) is 16.9 Å². The van der Waals surface area contributed by atoms with Crippen molar-refractivity contribution in [2.45, 2.75) is 6.92 Å². The van der Waals surface area contributed by atoms with E-state index < -0.39 is 11.8 Å². The molecule has 0 aromatic heterocycles. The first-order chi connectivity index (χ1) is 14.0. The molecule has 3 aromatic rings. The zero-order valence-corrected chi connectivity index (χ0v) is 16.0. The number of halogens is 1. The van der Waals surface area contributed by atoms with Crippen LogP contribution < -0.4 is 9.47 Å². The number of rotatable bonds is 6. The van der Waals surface area contributed by atoms with Crippen LogP contribution in [0.1, 0.15) is 31.8 Å². The van der Waals surface area contributed by atoms with E-state index in [0.717, 1.165) is 5.56 Å². The summed E-state index contributed by atoms with van der Waals surface area (Å²) < 4.78 is 24.3. The molecule has 0 radical (unpaired) electrons. The zero-order valence-electron chi connectivity index (χ0n) is 16.0. The number of benzene rings is 3. The second kappa shape index (κ2) is 8.97. The van der Waals surface area contributed by atoms with Gasteiger partial charge in [-0.15, -0.1) is 0 Å². The second-order valence-corrected chi connectivity index (χ2v) is 6.34. The minimum atomic E-state index is -0.820. The van der Waals surface area contributed by atoms with Gasteiger partial charge in [0.1, 0.15) is 5.82 Å². The SMILES string of the molecule is COc1cc(/C=C/C(=O)c2ccc(C)cc2)ccc1OC(=O)c1ccccc1F. The van der Waals surface area contributed by atoms with Crippen molar-refractivity contribution < 1.29 is 23.5 Å². The van der Waals surface area contributed by atoms with Crippen LogP contribution in [0.5, 0.6) is 11.5 Å². The summed E-state index contributed by atoms with van der Waals surface area (Å²) in [6.45, 7) is 1.96. The van der Waals surface area contributed by atoms with Gasteiger partial charge in [-0.2, -0.15) is 0 Å². The lowest BCUT2D eigenvalue weighted by molar-refractivity contribution is 0.0724. The molecule has 3 aromatic carbocycles. The quantitative estimate of drug-likeness (QED) is 0.249. The van der Waals surface area contributed by atoms with E-state index >= 15 is 0 Å². The first kappa shape index (κ1) is 20.0. The maximum absolute atomic E-state index is 13.8. The van der Waals surface area contributed by atoms with Crippen LogP contribution in [0, 0.1) is 12.7 Å². The second-order valence-electron chi connectivity index (χ2n) is 6.34. The summed E-state index contributed by atoms with van der Waals surface area (Å²) in [5, 5.41) is 0. The summed E-state index contributed by atoms with van der Waals surface area (Å²) in [5.74, 6) is -1.16. The Morgan fingerprint density at radius 1 is 0.931 bits per heavy atom. The normalized spacial score (nSPS) is 10.7. The number of allylic oxidation sites excluding steroid dienone is 1. The molecule has 0 aliphatic carbocycles. The number of carbonyl (C=O) groups excluding carboxylic acids is 2. The molecule has 146 valence electrons. The molecule has 0 aliphatic rings. The van der Waals surface area contributed by atoms with Gasteiger partial charge < -0.3 is 9.47 Å². The lowest BCUT2D eigenvalue weighted by Gasteiger charge is -2.10. The first-order valence-corrected chi connectivity index (χ1v) is 8.92. The average molecular weight is 390 g/mol. The smallest absolute Gasteiger partial charge is 0.346 e. The molecule has 0 bridgehead atoms. The number of hydrogen-bond donors (Lipinski definition) is 0. The molecule has 0 aliphatic heterocycles. The first-order valence-electron chi connectivity index (χ1n) is 8.92. The molecule has 5 heteroatoms. The highest BCUT2D eigenvalue weighted by molar-refractivity contribution is 6.06. The van der Waals surface area contributed by atoms with E-state index in [1.54, 1.807) is 36.4 Å². The lowest BCUT2D eigenvalue weighted by Crippen LogP contribution is -2.11. The van der Waals surface area contributed by atoms with E-state index in [4.69, 9.17) is 9.47 Å². The van der Waals surface area contributed by atoms with Crippen LogP contribution >= 0.6 is 0 Å². The van der Waals surface area contributed by atoms with Gasteiger partial charge in [0.2, 0.25) is 0 Å². The van der Waals surface area contributed by atoms with Crippen molar-refractivity contribution in [2.24, 2.45) is 0 Å². The summed E-state index contributed by atoms with van der Waals surface area (Å²) in [6, 6.07) is 17.7. The number of aryl methyl sites for hydroxylation is 1. The van der Waals surface area contributed by atoms with Gasteiger partial charge in [0.05, 0.1) is 12.7 Å². The Hall–Kier alpha value is -3.73. The van der Waals surface area contributed by atoms with Crippen LogP contribution in [0.3, 0.4) is 0 Å². The van der Waals surface area contributed by atoms with Gasteiger partial charge in [-0.1, -0.05) is 54.1 Å². The average Bonchev–Trinajstić information content (AvgIpc) is 2.73. The summed E-state index contributed by atoms with van der Waals surface area (Å²) in [7, 11) is 1.43. The van der Waals surface area contributed by atoms with Gasteiger partial charge in [-0.3, -0.25) is 4.79 Å². The minimum absolute atomic E-state index is 0.126. The molecular weight excluding hydrogens is 371 g/mol. The van der Waals surface area contributed by atoms with Crippen molar-refractivity contribution in [1.82, 2.24) is 0 Å². The highest BCUT2D eigenvalue weighted by Gasteiger charge is 2.16. The van der Waals surface area contributed by atoms with Crippen LogP contribution in [-0.2, 0) is 0 Å². The van der Waals surface area contributed by atoms with E-state index in [1.807, 2.05) is 19.1 Å². The third kappa shape index (κ3) is 4.96. The maximum Gasteiger partial charge on any atom is 0.346 e. The molecule has 0 saturated heterocycles. The predicted molar refractivity (Wildman–Crippen MR) is 109 cm³/mol. The lowest BCUT2D eigenvalue weighted by atomic mass is 10.1. The van der Waals surface area contributed by atoms with Crippen LogP contribution in [0.25, 0.3) is 6.08 Å². The Balaban J connectivity index is 1.76. The largest absolute Gasteiger partial charge is 0.493 e. The zero-order chi connectivity index (χ0) is 20.8. The molecule has 0 amide bonds. The number of hydrogen-bond acceptors (Lipinski definition) is 4. The van der Waals surface area contributed by atoms with E-state index in [1.165, 1.54) is 37.5 Å². The van der Waals surface area contributed by atoms with Crippen molar-refractivity contribution in [1.29, 1.82) is 0 Å². The number of methoxy groups -OCH3 is 1. The Labute approximate surface area is 168 Å². The molecule has 0 saturated carbocycles. The van der Waals surface area contributed by atoms with Crippen LogP contribution in [0.2, 0.25) is 0 Å². The molecule has 0 heterocycles. The molecule has 0 spiro atoms. The maximum atomic E-state index is 13.8. The van der Waals surface area contributed by atoms with Crippen molar-refractivity contribution in [3.63, 3.8) is 0 Å². The van der Waals surface area contributed by atoms with Gasteiger partial charge in [0.15, 0.2) is 17.3 Å². The molecule has 0 N–H and O–H groups in total.